The van der Waals surface area contributed by atoms with E-state index < -0.39 is 5.54 Å². The number of carbonyl (C=O) groups is 4. The van der Waals surface area contributed by atoms with Crippen molar-refractivity contribution in [1.29, 1.82) is 0 Å². The minimum atomic E-state index is -0.836. The fourth-order valence-electron chi connectivity index (χ4n) is 5.52. The zero-order valence-electron chi connectivity index (χ0n) is 23.3. The van der Waals surface area contributed by atoms with E-state index in [-0.39, 0.29) is 49.7 Å². The molecule has 3 amide bonds. The summed E-state index contributed by atoms with van der Waals surface area (Å²) in [6.45, 7) is 3.49. The molecule has 2 saturated heterocycles. The molecule has 1 spiro atoms. The van der Waals surface area contributed by atoms with Crippen LogP contribution in [0.2, 0.25) is 0 Å². The lowest BCUT2D eigenvalue weighted by molar-refractivity contribution is -0.146. The summed E-state index contributed by atoms with van der Waals surface area (Å²) >= 11 is 0. The van der Waals surface area contributed by atoms with Crippen LogP contribution in [0.1, 0.15) is 38.2 Å². The van der Waals surface area contributed by atoms with Crippen molar-refractivity contribution in [2.45, 2.75) is 44.6 Å². The highest BCUT2D eigenvalue weighted by Gasteiger charge is 2.54. The Morgan fingerprint density at radius 3 is 2.38 bits per heavy atom. The van der Waals surface area contributed by atoms with Crippen LogP contribution in [0.4, 0.5) is 5.69 Å². The largest absolute Gasteiger partial charge is 0.496 e. The number of likely N-dealkylation sites (tertiary alicyclic amines) is 1. The molecule has 2 aromatic carbocycles. The maximum atomic E-state index is 13.9. The molecule has 0 atom stereocenters. The van der Waals surface area contributed by atoms with Crippen LogP contribution in [0.25, 0.3) is 0 Å². The van der Waals surface area contributed by atoms with Gasteiger partial charge < -0.3 is 29.5 Å². The number of nitrogens with zero attached hydrogens (tertiary/aromatic N) is 3. The van der Waals surface area contributed by atoms with Gasteiger partial charge in [0, 0.05) is 31.7 Å². The van der Waals surface area contributed by atoms with Crippen LogP contribution in [0.15, 0.2) is 54.6 Å². The van der Waals surface area contributed by atoms with Gasteiger partial charge in [0.1, 0.15) is 17.8 Å². The van der Waals surface area contributed by atoms with Gasteiger partial charge in [-0.1, -0.05) is 36.4 Å². The van der Waals surface area contributed by atoms with Gasteiger partial charge in [0.15, 0.2) is 0 Å². The molecule has 0 bridgehead atoms. The van der Waals surface area contributed by atoms with Crippen molar-refractivity contribution in [3.05, 3.63) is 60.2 Å². The Kier molecular flexibility index (Phi) is 9.63. The molecule has 2 aromatic rings. The van der Waals surface area contributed by atoms with Crippen molar-refractivity contribution < 1.29 is 28.7 Å². The average molecular weight is 551 g/mol. The van der Waals surface area contributed by atoms with Crippen LogP contribution in [-0.2, 0) is 30.3 Å². The molecule has 4 rings (SSSR count). The minimum Gasteiger partial charge on any atom is -0.496 e. The summed E-state index contributed by atoms with van der Waals surface area (Å²) < 4.78 is 10.3. The highest BCUT2D eigenvalue weighted by Crippen LogP contribution is 2.39. The predicted molar refractivity (Wildman–Crippen MR) is 150 cm³/mol. The molecular weight excluding hydrogens is 512 g/mol. The van der Waals surface area contributed by atoms with Gasteiger partial charge in [-0.25, -0.2) is 0 Å². The van der Waals surface area contributed by atoms with Crippen LogP contribution in [0.3, 0.4) is 0 Å². The number of methoxy groups -OCH3 is 1. The normalized spacial score (nSPS) is 16.2. The van der Waals surface area contributed by atoms with Gasteiger partial charge >= 0.3 is 5.97 Å². The Labute approximate surface area is 235 Å². The predicted octanol–water partition coefficient (Wildman–Crippen LogP) is 2.36. The van der Waals surface area contributed by atoms with Crippen LogP contribution < -0.4 is 15.0 Å². The van der Waals surface area contributed by atoms with Crippen LogP contribution >= 0.6 is 0 Å². The molecule has 2 heterocycles. The second-order valence-electron chi connectivity index (χ2n) is 10.0. The number of esters is 1. The zero-order valence-corrected chi connectivity index (χ0v) is 23.3. The lowest BCUT2D eigenvalue weighted by atomic mass is 9.85. The van der Waals surface area contributed by atoms with E-state index in [4.69, 9.17) is 9.47 Å². The highest BCUT2D eigenvalue weighted by atomic mass is 16.5. The Morgan fingerprint density at radius 2 is 1.68 bits per heavy atom. The lowest BCUT2D eigenvalue weighted by Crippen LogP contribution is -2.57. The Bertz CT molecular complexity index is 1200. The summed E-state index contributed by atoms with van der Waals surface area (Å²) in [4.78, 5) is 56.5. The third-order valence-electron chi connectivity index (χ3n) is 7.62. The summed E-state index contributed by atoms with van der Waals surface area (Å²) in [5, 5.41) is 2.93. The van der Waals surface area contributed by atoms with E-state index in [0.717, 1.165) is 17.0 Å². The van der Waals surface area contributed by atoms with E-state index in [1.54, 1.807) is 23.8 Å². The van der Waals surface area contributed by atoms with E-state index in [9.17, 15) is 19.2 Å². The van der Waals surface area contributed by atoms with Crippen molar-refractivity contribution in [3.8, 4) is 5.75 Å². The molecule has 1 N–H and O–H groups in total. The number of anilines is 1. The fraction of sp³-hybridized carbons (Fsp3) is 0.467. The monoisotopic (exact) mass is 550 g/mol. The molecule has 40 heavy (non-hydrogen) atoms. The standard InChI is InChI=1S/C30H38N4O6/c1-3-40-28(37)14-13-27(36)32-19-16-30(17-20-32)29(38)33(22-34(30)24-10-5-4-6-11-24)21-26(35)31-18-15-23-9-7-8-12-25(23)39-2/h4-12H,3,13-22H2,1-2H3,(H,31,35). The van der Waals surface area contributed by atoms with Crippen LogP contribution in [-0.4, -0.2) is 85.6 Å². The maximum absolute atomic E-state index is 13.9. The lowest BCUT2D eigenvalue weighted by Gasteiger charge is -2.43. The number of amides is 3. The van der Waals surface area contributed by atoms with Gasteiger partial charge in [-0.05, 0) is 49.9 Å². The van der Waals surface area contributed by atoms with Crippen molar-refractivity contribution in [3.63, 3.8) is 0 Å². The van der Waals surface area contributed by atoms with Crippen molar-refractivity contribution in [1.82, 2.24) is 15.1 Å². The van der Waals surface area contributed by atoms with Gasteiger partial charge in [0.05, 0.1) is 26.8 Å². The summed E-state index contributed by atoms with van der Waals surface area (Å²) in [6.07, 6.45) is 1.63. The average Bonchev–Trinajstić information content (AvgIpc) is 3.23. The van der Waals surface area contributed by atoms with Crippen molar-refractivity contribution in [2.75, 3.05) is 51.5 Å². The molecule has 0 aromatic heterocycles. The van der Waals surface area contributed by atoms with Gasteiger partial charge in [0.25, 0.3) is 5.91 Å². The number of carbonyl (C=O) groups excluding carboxylic acids is 4. The third-order valence-corrected chi connectivity index (χ3v) is 7.62. The smallest absolute Gasteiger partial charge is 0.306 e. The van der Waals surface area contributed by atoms with Crippen LogP contribution in [0.5, 0.6) is 5.75 Å². The molecule has 10 nitrogen and oxygen atoms in total. The second-order valence-corrected chi connectivity index (χ2v) is 10.0. The van der Waals surface area contributed by atoms with E-state index >= 15 is 0 Å². The highest BCUT2D eigenvalue weighted by molar-refractivity contribution is 5.96. The van der Waals surface area contributed by atoms with E-state index in [2.05, 4.69) is 10.2 Å². The summed E-state index contributed by atoms with van der Waals surface area (Å²) in [7, 11) is 1.62. The molecule has 0 saturated carbocycles. The quantitative estimate of drug-likeness (QED) is 0.428. The molecular formula is C30H38N4O6. The fourth-order valence-corrected chi connectivity index (χ4v) is 5.52. The van der Waals surface area contributed by atoms with E-state index in [0.29, 0.717) is 45.6 Å². The molecule has 0 radical (unpaired) electrons. The molecule has 10 heteroatoms. The third kappa shape index (κ3) is 6.55. The first kappa shape index (κ1) is 28.9. The van der Waals surface area contributed by atoms with Crippen molar-refractivity contribution >= 4 is 29.4 Å². The maximum Gasteiger partial charge on any atom is 0.306 e. The van der Waals surface area contributed by atoms with Crippen LogP contribution in [0, 0.1) is 0 Å². The van der Waals surface area contributed by atoms with Gasteiger partial charge in [-0.15, -0.1) is 0 Å². The number of benzene rings is 2. The number of para-hydroxylation sites is 2. The molecule has 214 valence electrons. The zero-order chi connectivity index (χ0) is 28.5. The first-order valence-corrected chi connectivity index (χ1v) is 13.8. The van der Waals surface area contributed by atoms with Gasteiger partial charge in [0.2, 0.25) is 11.8 Å². The second kappa shape index (κ2) is 13.3. The summed E-state index contributed by atoms with van der Waals surface area (Å²) in [6, 6.07) is 17.4. The molecule has 2 fully saturated rings. The van der Waals surface area contributed by atoms with Gasteiger partial charge in [-0.2, -0.15) is 0 Å². The minimum absolute atomic E-state index is 0.0436. The number of rotatable bonds is 11. The molecule has 0 unspecified atom stereocenters. The number of hydrogen-bond donors (Lipinski definition) is 1. The number of piperidine rings is 1. The molecule has 2 aliphatic rings. The van der Waals surface area contributed by atoms with Gasteiger partial charge in [-0.3, -0.25) is 19.2 Å². The number of ether oxygens (including phenoxy) is 2. The Morgan fingerprint density at radius 1 is 0.975 bits per heavy atom. The van der Waals surface area contributed by atoms with Crippen molar-refractivity contribution in [2.24, 2.45) is 0 Å². The Balaban J connectivity index is 1.39. The number of nitrogens with one attached hydrogen (secondary N) is 1. The first-order valence-electron chi connectivity index (χ1n) is 13.8. The summed E-state index contributed by atoms with van der Waals surface area (Å²) in [5.74, 6) is -0.0550. The molecule has 0 aliphatic carbocycles. The van der Waals surface area contributed by atoms with E-state index in [1.165, 1.54) is 0 Å². The SMILES string of the molecule is CCOC(=O)CCC(=O)N1CCC2(CC1)C(=O)N(CC(=O)NCCc1ccccc1OC)CN2c1ccccc1. The first-order chi connectivity index (χ1) is 19.4. The Hall–Kier alpha value is -4.08. The number of hydrogen-bond acceptors (Lipinski definition) is 7. The molecule has 2 aliphatic heterocycles. The summed E-state index contributed by atoms with van der Waals surface area (Å²) in [5.41, 5.74) is 1.06. The topological polar surface area (TPSA) is 108 Å². The van der Waals surface area contributed by atoms with E-state index in [1.807, 2.05) is 54.6 Å².